The molecule has 3 aromatic rings. The third-order valence-corrected chi connectivity index (χ3v) is 7.53. The molecule has 218 valence electrons. The van der Waals surface area contributed by atoms with Crippen LogP contribution in [0, 0.1) is 5.92 Å². The summed E-state index contributed by atoms with van der Waals surface area (Å²) in [7, 11) is 0. The second kappa shape index (κ2) is 12.0. The lowest BCUT2D eigenvalue weighted by Crippen LogP contribution is -2.38. The lowest BCUT2D eigenvalue weighted by atomic mass is 9.85. The minimum absolute atomic E-state index is 0.127. The molecule has 41 heavy (non-hydrogen) atoms. The molecule has 3 N–H and O–H groups in total. The lowest BCUT2D eigenvalue weighted by molar-refractivity contribution is -0.121. The Morgan fingerprint density at radius 2 is 1.68 bits per heavy atom. The average molecular weight is 583 g/mol. The number of aromatic nitrogens is 2. The average Bonchev–Trinajstić information content (AvgIpc) is 3.58. The molecule has 11 nitrogen and oxygen atoms in total. The van der Waals surface area contributed by atoms with Crippen molar-refractivity contribution in [3.8, 4) is 0 Å². The van der Waals surface area contributed by atoms with Gasteiger partial charge in [-0.15, -0.1) is 0 Å². The number of ether oxygens (including phenoxy) is 1. The Bertz CT molecular complexity index is 1420. The summed E-state index contributed by atoms with van der Waals surface area (Å²) in [6, 6.07) is 6.78. The molecule has 0 atom stereocenters. The highest BCUT2D eigenvalue weighted by atomic mass is 35.5. The Balaban J connectivity index is 1.39. The number of pyridine rings is 2. The van der Waals surface area contributed by atoms with Crippen molar-refractivity contribution in [2.75, 3.05) is 29.0 Å². The summed E-state index contributed by atoms with van der Waals surface area (Å²) in [5.74, 6) is -0.697. The zero-order valence-electron chi connectivity index (χ0n) is 23.5. The van der Waals surface area contributed by atoms with Crippen molar-refractivity contribution >= 4 is 57.9 Å². The first-order chi connectivity index (χ1) is 19.6. The molecule has 5 rings (SSSR count). The summed E-state index contributed by atoms with van der Waals surface area (Å²) in [6.07, 6.45) is 6.65. The highest BCUT2D eigenvalue weighted by Gasteiger charge is 2.32. The fraction of sp³-hybridized carbons (Fsp3) is 0.483. The molecule has 3 amide bonds. The van der Waals surface area contributed by atoms with Crippen LogP contribution in [0.2, 0.25) is 5.02 Å². The molecule has 1 saturated carbocycles. The molecule has 12 heteroatoms. The van der Waals surface area contributed by atoms with Crippen LogP contribution >= 0.6 is 11.6 Å². The molecule has 0 spiro atoms. The van der Waals surface area contributed by atoms with Crippen LogP contribution in [-0.2, 0) is 9.53 Å². The van der Waals surface area contributed by atoms with E-state index < -0.39 is 17.6 Å². The van der Waals surface area contributed by atoms with Crippen molar-refractivity contribution in [1.29, 1.82) is 0 Å². The van der Waals surface area contributed by atoms with Gasteiger partial charge >= 0.3 is 6.09 Å². The fourth-order valence-electron chi connectivity index (χ4n) is 5.39. The SMILES string of the molecule is CC(C)(C)OC(=O)Nc1ccc2oc(C(=O)Nc3ccc(Cl)cn3)c(NC(=O)[C@H]3CC[C@H](N4CCCC4)CC3)c2n1. The minimum Gasteiger partial charge on any atom is -0.447 e. The number of nitrogens with one attached hydrogen (secondary N) is 3. The van der Waals surface area contributed by atoms with E-state index in [0.717, 1.165) is 38.8 Å². The molecule has 0 aromatic carbocycles. The number of halogens is 1. The van der Waals surface area contributed by atoms with Gasteiger partial charge in [-0.2, -0.15) is 0 Å². The number of likely N-dealkylation sites (tertiary alicyclic amines) is 1. The summed E-state index contributed by atoms with van der Waals surface area (Å²) in [4.78, 5) is 50.3. The van der Waals surface area contributed by atoms with E-state index in [1.807, 2.05) is 0 Å². The summed E-state index contributed by atoms with van der Waals surface area (Å²) in [5.41, 5.74) is -0.0719. The Hall–Kier alpha value is -3.70. The number of furan rings is 1. The van der Waals surface area contributed by atoms with Gasteiger partial charge in [0.15, 0.2) is 5.58 Å². The summed E-state index contributed by atoms with van der Waals surface area (Å²) < 4.78 is 11.2. The zero-order valence-corrected chi connectivity index (χ0v) is 24.2. The van der Waals surface area contributed by atoms with Crippen LogP contribution in [0.25, 0.3) is 11.1 Å². The van der Waals surface area contributed by atoms with E-state index >= 15 is 0 Å². The smallest absolute Gasteiger partial charge is 0.413 e. The molecular formula is C29H35ClN6O5. The quantitative estimate of drug-likeness (QED) is 0.318. The highest BCUT2D eigenvalue weighted by molar-refractivity contribution is 6.30. The summed E-state index contributed by atoms with van der Waals surface area (Å²) in [5, 5.41) is 8.62. The molecule has 4 heterocycles. The van der Waals surface area contributed by atoms with Gasteiger partial charge in [-0.25, -0.2) is 14.8 Å². The molecular weight excluding hydrogens is 548 g/mol. The van der Waals surface area contributed by atoms with Gasteiger partial charge in [0.05, 0.1) is 5.02 Å². The van der Waals surface area contributed by atoms with E-state index in [9.17, 15) is 14.4 Å². The van der Waals surface area contributed by atoms with E-state index in [2.05, 4.69) is 30.8 Å². The topological polar surface area (TPSA) is 139 Å². The summed E-state index contributed by atoms with van der Waals surface area (Å²) >= 11 is 5.92. The van der Waals surface area contributed by atoms with Crippen LogP contribution in [0.4, 0.5) is 22.1 Å². The van der Waals surface area contributed by atoms with Crippen molar-refractivity contribution in [3.63, 3.8) is 0 Å². The lowest BCUT2D eigenvalue weighted by Gasteiger charge is -2.33. The molecule has 0 unspecified atom stereocenters. The summed E-state index contributed by atoms with van der Waals surface area (Å²) in [6.45, 7) is 7.54. The van der Waals surface area contributed by atoms with Crippen LogP contribution in [0.15, 0.2) is 34.9 Å². The fourth-order valence-corrected chi connectivity index (χ4v) is 5.50. The molecule has 1 aliphatic carbocycles. The molecule has 0 bridgehead atoms. The molecule has 2 fully saturated rings. The maximum atomic E-state index is 13.5. The predicted octanol–water partition coefficient (Wildman–Crippen LogP) is 6.07. The number of hydrogen-bond donors (Lipinski definition) is 3. The van der Waals surface area contributed by atoms with Gasteiger partial charge in [0.1, 0.15) is 28.4 Å². The van der Waals surface area contributed by atoms with Crippen LogP contribution in [0.1, 0.15) is 69.9 Å². The van der Waals surface area contributed by atoms with Crippen LogP contribution in [-0.4, -0.2) is 57.5 Å². The maximum Gasteiger partial charge on any atom is 0.413 e. The standard InChI is InChI=1S/C29H35ClN6O5/c1-29(2,3)41-28(39)34-22-13-11-20-23(32-22)24(25(40-20)27(38)33-21-12-8-18(30)16-31-21)35-26(37)17-6-9-19(10-7-17)36-14-4-5-15-36/h8,11-13,16-17,19H,4-7,9-10,14-15H2,1-3H3,(H,35,37)(H,31,33,38)(H,32,34,39)/t17-,19-. The third-order valence-electron chi connectivity index (χ3n) is 7.31. The number of anilines is 3. The highest BCUT2D eigenvalue weighted by Crippen LogP contribution is 2.34. The van der Waals surface area contributed by atoms with E-state index in [-0.39, 0.29) is 46.0 Å². The van der Waals surface area contributed by atoms with Gasteiger partial charge < -0.3 is 24.7 Å². The van der Waals surface area contributed by atoms with Crippen molar-refractivity contribution in [2.45, 2.75) is 70.9 Å². The third kappa shape index (κ3) is 7.15. The Morgan fingerprint density at radius 1 is 0.976 bits per heavy atom. The van der Waals surface area contributed by atoms with Gasteiger partial charge in [-0.3, -0.25) is 14.9 Å². The number of carbonyl (C=O) groups is 3. The van der Waals surface area contributed by atoms with Crippen LogP contribution in [0.5, 0.6) is 0 Å². The second-order valence-electron chi connectivity index (χ2n) is 11.5. The predicted molar refractivity (Wildman–Crippen MR) is 156 cm³/mol. The van der Waals surface area contributed by atoms with E-state index in [1.54, 1.807) is 39.0 Å². The van der Waals surface area contributed by atoms with Gasteiger partial charge in [0.25, 0.3) is 5.91 Å². The first kappa shape index (κ1) is 28.8. The monoisotopic (exact) mass is 582 g/mol. The molecule has 0 radical (unpaired) electrons. The minimum atomic E-state index is -0.697. The van der Waals surface area contributed by atoms with Gasteiger partial charge in [0.2, 0.25) is 11.7 Å². The number of nitrogens with zero attached hydrogens (tertiary/aromatic N) is 3. The van der Waals surface area contributed by atoms with Crippen molar-refractivity contribution in [1.82, 2.24) is 14.9 Å². The molecule has 1 aliphatic heterocycles. The van der Waals surface area contributed by atoms with Crippen LogP contribution < -0.4 is 16.0 Å². The van der Waals surface area contributed by atoms with Crippen LogP contribution in [0.3, 0.4) is 0 Å². The number of amides is 3. The maximum absolute atomic E-state index is 13.5. The first-order valence-electron chi connectivity index (χ1n) is 14.0. The molecule has 2 aliphatic rings. The number of hydrogen-bond acceptors (Lipinski definition) is 8. The van der Waals surface area contributed by atoms with Gasteiger partial charge in [-0.1, -0.05) is 11.6 Å². The van der Waals surface area contributed by atoms with Crippen molar-refractivity contribution < 1.29 is 23.5 Å². The van der Waals surface area contributed by atoms with E-state index in [0.29, 0.717) is 11.1 Å². The zero-order chi connectivity index (χ0) is 29.1. The largest absolute Gasteiger partial charge is 0.447 e. The Labute approximate surface area is 243 Å². The first-order valence-corrected chi connectivity index (χ1v) is 14.3. The second-order valence-corrected chi connectivity index (χ2v) is 12.0. The number of fused-ring (bicyclic) bond motifs is 1. The van der Waals surface area contributed by atoms with E-state index in [4.69, 9.17) is 20.8 Å². The van der Waals surface area contributed by atoms with Crippen molar-refractivity contribution in [2.24, 2.45) is 5.92 Å². The number of carbonyl (C=O) groups excluding carboxylic acids is 3. The van der Waals surface area contributed by atoms with Crippen molar-refractivity contribution in [3.05, 3.63) is 41.2 Å². The molecule has 1 saturated heterocycles. The molecule has 3 aromatic heterocycles. The van der Waals surface area contributed by atoms with E-state index in [1.165, 1.54) is 25.1 Å². The number of rotatable bonds is 6. The van der Waals surface area contributed by atoms with Gasteiger partial charge in [-0.05, 0) is 96.7 Å². The normalized spacial score (nSPS) is 19.6. The van der Waals surface area contributed by atoms with Gasteiger partial charge in [0, 0.05) is 18.2 Å². The Kier molecular flexibility index (Phi) is 8.46. The Morgan fingerprint density at radius 3 is 2.34 bits per heavy atom.